The minimum absolute atomic E-state index is 0.209. The number of para-hydroxylation sites is 1. The van der Waals surface area contributed by atoms with E-state index in [2.05, 4.69) is 4.98 Å². The van der Waals surface area contributed by atoms with Crippen molar-refractivity contribution in [2.45, 2.75) is 0 Å². The van der Waals surface area contributed by atoms with Crippen LogP contribution in [0.5, 0.6) is 0 Å². The van der Waals surface area contributed by atoms with E-state index in [1.54, 1.807) is 6.20 Å². The molecule has 0 bridgehead atoms. The molecule has 0 aliphatic carbocycles. The van der Waals surface area contributed by atoms with E-state index in [0.717, 1.165) is 38.5 Å². The molecule has 0 amide bonds. The van der Waals surface area contributed by atoms with Gasteiger partial charge < -0.3 is 4.98 Å². The van der Waals surface area contributed by atoms with Gasteiger partial charge in [-0.15, -0.1) is 0 Å². The highest BCUT2D eigenvalue weighted by Gasteiger charge is 2.21. The summed E-state index contributed by atoms with van der Waals surface area (Å²) < 4.78 is 1.86. The van der Waals surface area contributed by atoms with Crippen molar-refractivity contribution in [3.05, 3.63) is 132 Å². The van der Waals surface area contributed by atoms with E-state index in [1.165, 1.54) is 0 Å². The van der Waals surface area contributed by atoms with Crippen molar-refractivity contribution in [2.75, 3.05) is 0 Å². The monoisotopic (exact) mass is 491 g/mol. The van der Waals surface area contributed by atoms with Crippen LogP contribution in [0.3, 0.4) is 0 Å². The fraction of sp³-hybridized carbons (Fsp3) is 0. The van der Waals surface area contributed by atoms with Crippen LogP contribution in [0.25, 0.3) is 61.7 Å². The van der Waals surface area contributed by atoms with Gasteiger partial charge >= 0.3 is 0 Å². The van der Waals surface area contributed by atoms with E-state index in [9.17, 15) is 4.79 Å². The third-order valence-corrected chi connectivity index (χ3v) is 6.68. The minimum Gasteiger partial charge on any atom is -0.327 e. The molecule has 0 unspecified atom stereocenters. The topological polar surface area (TPSA) is 76.5 Å². The number of fused-ring (bicyclic) bond motifs is 3. The molecule has 0 aliphatic rings. The quantitative estimate of drug-likeness (QED) is 0.299. The molecule has 4 aromatic carbocycles. The molecule has 0 atom stereocenters. The van der Waals surface area contributed by atoms with Gasteiger partial charge in [0.15, 0.2) is 11.6 Å². The van der Waals surface area contributed by atoms with Gasteiger partial charge in [0.05, 0.1) is 5.52 Å². The normalized spacial score (nSPS) is 11.3. The third-order valence-electron chi connectivity index (χ3n) is 6.68. The van der Waals surface area contributed by atoms with Crippen LogP contribution in [0.15, 0.2) is 126 Å². The summed E-state index contributed by atoms with van der Waals surface area (Å²) in [5, 5.41) is 1.81. The second-order valence-electron chi connectivity index (χ2n) is 8.99. The standard InChI is InChI=1S/C32H21N5O/c38-31-28-27(25(20-33-31)21-12-4-1-5-13-21)24-18-10-11-19-26(24)37(28)32-35-29(22-14-6-2-7-15-22)34-30(36-32)23-16-8-3-9-17-23/h1-20H,(H,33,38). The van der Waals surface area contributed by atoms with Crippen molar-refractivity contribution in [2.24, 2.45) is 0 Å². The molecule has 0 fully saturated rings. The number of nitrogens with zero attached hydrogens (tertiary/aromatic N) is 4. The van der Waals surface area contributed by atoms with Crippen LogP contribution in [0.4, 0.5) is 0 Å². The van der Waals surface area contributed by atoms with Crippen LogP contribution >= 0.6 is 0 Å². The van der Waals surface area contributed by atoms with Crippen LogP contribution < -0.4 is 5.56 Å². The molecule has 38 heavy (non-hydrogen) atoms. The summed E-state index contributed by atoms with van der Waals surface area (Å²) in [5.41, 5.74) is 4.83. The summed E-state index contributed by atoms with van der Waals surface area (Å²) in [4.78, 5) is 31.1. The number of rotatable bonds is 4. The van der Waals surface area contributed by atoms with E-state index in [4.69, 9.17) is 15.0 Å². The molecule has 3 heterocycles. The molecule has 6 nitrogen and oxygen atoms in total. The van der Waals surface area contributed by atoms with Crippen LogP contribution in [-0.2, 0) is 0 Å². The highest BCUT2D eigenvalue weighted by molar-refractivity contribution is 6.15. The molecule has 1 N–H and O–H groups in total. The molecule has 7 aromatic rings. The first-order valence-electron chi connectivity index (χ1n) is 12.4. The molecule has 0 saturated heterocycles. The van der Waals surface area contributed by atoms with E-state index in [1.807, 2.05) is 120 Å². The molecule has 180 valence electrons. The molecule has 6 heteroatoms. The Morgan fingerprint density at radius 1 is 0.579 bits per heavy atom. The zero-order valence-corrected chi connectivity index (χ0v) is 20.2. The smallest absolute Gasteiger partial charge is 0.272 e. The van der Waals surface area contributed by atoms with Crippen LogP contribution in [0.1, 0.15) is 0 Å². The maximum atomic E-state index is 13.5. The Labute approximate surface area is 217 Å². The van der Waals surface area contributed by atoms with Gasteiger partial charge in [-0.1, -0.05) is 109 Å². The number of hydrogen-bond donors (Lipinski definition) is 1. The van der Waals surface area contributed by atoms with Gasteiger partial charge in [0.25, 0.3) is 5.56 Å². The molecular formula is C32H21N5O. The first-order valence-corrected chi connectivity index (χ1v) is 12.4. The van der Waals surface area contributed by atoms with Gasteiger partial charge in [-0.05, 0) is 11.6 Å². The lowest BCUT2D eigenvalue weighted by atomic mass is 10.0. The molecular weight excluding hydrogens is 470 g/mol. The lowest BCUT2D eigenvalue weighted by Crippen LogP contribution is -2.13. The summed E-state index contributed by atoms with van der Waals surface area (Å²) in [6.45, 7) is 0. The maximum Gasteiger partial charge on any atom is 0.272 e. The Kier molecular flexibility index (Phi) is 5.15. The van der Waals surface area contributed by atoms with E-state index >= 15 is 0 Å². The first-order chi connectivity index (χ1) is 18.8. The van der Waals surface area contributed by atoms with E-state index in [0.29, 0.717) is 23.1 Å². The minimum atomic E-state index is -0.209. The summed E-state index contributed by atoms with van der Waals surface area (Å²) in [6, 6.07) is 37.7. The fourth-order valence-corrected chi connectivity index (χ4v) is 4.96. The highest BCUT2D eigenvalue weighted by Crippen LogP contribution is 2.36. The van der Waals surface area contributed by atoms with Crippen molar-refractivity contribution in [1.29, 1.82) is 0 Å². The summed E-state index contributed by atoms with van der Waals surface area (Å²) in [6.07, 6.45) is 1.79. The number of nitrogens with one attached hydrogen (secondary N) is 1. The number of benzene rings is 4. The van der Waals surface area contributed by atoms with Gasteiger partial charge in [0.1, 0.15) is 5.52 Å². The second-order valence-corrected chi connectivity index (χ2v) is 8.99. The number of hydrogen-bond acceptors (Lipinski definition) is 4. The van der Waals surface area contributed by atoms with Gasteiger partial charge in [-0.2, -0.15) is 9.97 Å². The number of aromatic amines is 1. The van der Waals surface area contributed by atoms with Crippen molar-refractivity contribution in [1.82, 2.24) is 24.5 Å². The van der Waals surface area contributed by atoms with Crippen LogP contribution in [0, 0.1) is 0 Å². The third kappa shape index (κ3) is 3.59. The lowest BCUT2D eigenvalue weighted by Gasteiger charge is -2.10. The zero-order valence-electron chi connectivity index (χ0n) is 20.2. The number of aromatic nitrogens is 5. The molecule has 0 radical (unpaired) electrons. The van der Waals surface area contributed by atoms with Crippen molar-refractivity contribution >= 4 is 21.8 Å². The van der Waals surface area contributed by atoms with Crippen molar-refractivity contribution < 1.29 is 0 Å². The van der Waals surface area contributed by atoms with Gasteiger partial charge in [0.2, 0.25) is 5.95 Å². The van der Waals surface area contributed by atoms with Crippen molar-refractivity contribution in [3.8, 4) is 39.9 Å². The Bertz CT molecular complexity index is 1920. The largest absolute Gasteiger partial charge is 0.327 e. The van der Waals surface area contributed by atoms with Gasteiger partial charge in [0, 0.05) is 33.7 Å². The predicted molar refractivity (Wildman–Crippen MR) is 151 cm³/mol. The van der Waals surface area contributed by atoms with E-state index in [-0.39, 0.29) is 5.56 Å². The number of pyridine rings is 1. The molecule has 3 aromatic heterocycles. The van der Waals surface area contributed by atoms with Gasteiger partial charge in [-0.25, -0.2) is 4.98 Å². The van der Waals surface area contributed by atoms with Crippen LogP contribution in [0.2, 0.25) is 0 Å². The predicted octanol–water partition coefficient (Wildman–Crippen LogP) is 6.66. The average Bonchev–Trinajstić information content (AvgIpc) is 3.35. The zero-order chi connectivity index (χ0) is 25.5. The highest BCUT2D eigenvalue weighted by atomic mass is 16.1. The second kappa shape index (κ2) is 8.94. The first kappa shape index (κ1) is 21.9. The molecule has 0 spiro atoms. The van der Waals surface area contributed by atoms with E-state index < -0.39 is 0 Å². The Morgan fingerprint density at radius 3 is 1.71 bits per heavy atom. The van der Waals surface area contributed by atoms with Crippen molar-refractivity contribution in [3.63, 3.8) is 0 Å². The molecule has 7 rings (SSSR count). The Morgan fingerprint density at radius 2 is 1.11 bits per heavy atom. The SMILES string of the molecule is O=c1[nH]cc(-c2ccccc2)c2c3ccccc3n(-c3nc(-c4ccccc4)nc(-c4ccccc4)n3)c12. The summed E-state index contributed by atoms with van der Waals surface area (Å²) in [5.74, 6) is 1.46. The Balaban J connectivity index is 1.60. The van der Waals surface area contributed by atoms with Crippen LogP contribution in [-0.4, -0.2) is 24.5 Å². The summed E-state index contributed by atoms with van der Waals surface area (Å²) in [7, 11) is 0. The maximum absolute atomic E-state index is 13.5. The lowest BCUT2D eigenvalue weighted by molar-refractivity contribution is 0.948. The molecule has 0 saturated carbocycles. The summed E-state index contributed by atoms with van der Waals surface area (Å²) >= 11 is 0. The Hall–Kier alpha value is -5.36. The molecule has 0 aliphatic heterocycles. The number of H-pyrrole nitrogens is 1. The van der Waals surface area contributed by atoms with Gasteiger partial charge in [-0.3, -0.25) is 9.36 Å². The fourth-order valence-electron chi connectivity index (χ4n) is 4.96. The average molecular weight is 492 g/mol.